The van der Waals surface area contributed by atoms with Crippen LogP contribution < -0.4 is 11.1 Å². The molecule has 3 N–H and O–H groups in total. The number of nitrogens with one attached hydrogen (secondary N) is 1. The Kier molecular flexibility index (Phi) is 5.28. The molecule has 2 aromatic carbocycles. The van der Waals surface area contributed by atoms with E-state index in [2.05, 4.69) is 5.32 Å². The van der Waals surface area contributed by atoms with Gasteiger partial charge in [-0.1, -0.05) is 30.3 Å². The highest BCUT2D eigenvalue weighted by Gasteiger charge is 2.14. The second kappa shape index (κ2) is 7.80. The molecule has 3 aromatic rings. The van der Waals surface area contributed by atoms with Gasteiger partial charge in [0.15, 0.2) is 0 Å². The maximum Gasteiger partial charge on any atom is 0.266 e. The Morgan fingerprint density at radius 3 is 2.64 bits per heavy atom. The van der Waals surface area contributed by atoms with Crippen molar-refractivity contribution in [2.75, 3.05) is 5.32 Å². The SMILES string of the molecule is Cc1cccc(NC(=O)C(C#N)=Cc2cn(CC(N)=O)c3ccccc23)c1C. The Bertz CT molecular complexity index is 1150. The van der Waals surface area contributed by atoms with Crippen molar-refractivity contribution in [3.05, 3.63) is 70.9 Å². The zero-order chi connectivity index (χ0) is 20.3. The van der Waals surface area contributed by atoms with Crippen molar-refractivity contribution in [2.24, 2.45) is 5.73 Å². The largest absolute Gasteiger partial charge is 0.368 e. The third kappa shape index (κ3) is 3.79. The van der Waals surface area contributed by atoms with Crippen molar-refractivity contribution in [2.45, 2.75) is 20.4 Å². The molecule has 0 radical (unpaired) electrons. The third-order valence-corrected chi connectivity index (χ3v) is 4.66. The van der Waals surface area contributed by atoms with Crippen molar-refractivity contribution >= 4 is 34.5 Å². The van der Waals surface area contributed by atoms with Gasteiger partial charge in [-0.25, -0.2) is 0 Å². The molecule has 6 nitrogen and oxygen atoms in total. The van der Waals surface area contributed by atoms with Gasteiger partial charge in [0.2, 0.25) is 5.91 Å². The Hall–Kier alpha value is -3.85. The van der Waals surface area contributed by atoms with Gasteiger partial charge in [0, 0.05) is 28.4 Å². The van der Waals surface area contributed by atoms with E-state index in [1.807, 2.05) is 56.3 Å². The van der Waals surface area contributed by atoms with Gasteiger partial charge in [-0.15, -0.1) is 0 Å². The highest BCUT2D eigenvalue weighted by Crippen LogP contribution is 2.24. The van der Waals surface area contributed by atoms with E-state index in [4.69, 9.17) is 5.73 Å². The fraction of sp³-hybridized carbons (Fsp3) is 0.136. The van der Waals surface area contributed by atoms with Crippen molar-refractivity contribution < 1.29 is 9.59 Å². The molecule has 0 fully saturated rings. The molecule has 0 saturated carbocycles. The van der Waals surface area contributed by atoms with Crippen molar-refractivity contribution in [3.63, 3.8) is 0 Å². The van der Waals surface area contributed by atoms with E-state index in [1.165, 1.54) is 6.08 Å². The maximum absolute atomic E-state index is 12.6. The van der Waals surface area contributed by atoms with Gasteiger partial charge >= 0.3 is 0 Å². The van der Waals surface area contributed by atoms with Gasteiger partial charge in [-0.3, -0.25) is 9.59 Å². The molecule has 1 heterocycles. The Morgan fingerprint density at radius 2 is 1.93 bits per heavy atom. The Morgan fingerprint density at radius 1 is 1.18 bits per heavy atom. The van der Waals surface area contributed by atoms with E-state index >= 15 is 0 Å². The molecule has 6 heteroatoms. The monoisotopic (exact) mass is 372 g/mol. The summed E-state index contributed by atoms with van der Waals surface area (Å²) in [6, 6.07) is 15.0. The Balaban J connectivity index is 1.99. The van der Waals surface area contributed by atoms with E-state index in [0.717, 1.165) is 22.0 Å². The number of rotatable bonds is 5. The summed E-state index contributed by atoms with van der Waals surface area (Å²) in [5.74, 6) is -0.951. The number of aromatic nitrogens is 1. The topological polar surface area (TPSA) is 101 Å². The first-order valence-electron chi connectivity index (χ1n) is 8.76. The maximum atomic E-state index is 12.6. The average Bonchev–Trinajstić information content (AvgIpc) is 3.00. The molecule has 140 valence electrons. The number of amides is 2. The lowest BCUT2D eigenvalue weighted by molar-refractivity contribution is -0.118. The summed E-state index contributed by atoms with van der Waals surface area (Å²) in [6.45, 7) is 3.89. The molecule has 28 heavy (non-hydrogen) atoms. The zero-order valence-corrected chi connectivity index (χ0v) is 15.7. The first-order chi connectivity index (χ1) is 13.4. The van der Waals surface area contributed by atoms with Crippen LogP contribution in [-0.4, -0.2) is 16.4 Å². The molecule has 0 atom stereocenters. The van der Waals surface area contributed by atoms with Gasteiger partial charge < -0.3 is 15.6 Å². The number of carbonyl (C=O) groups excluding carboxylic acids is 2. The summed E-state index contributed by atoms with van der Waals surface area (Å²) >= 11 is 0. The normalized spacial score (nSPS) is 11.2. The number of nitriles is 1. The molecule has 3 rings (SSSR count). The highest BCUT2D eigenvalue weighted by atomic mass is 16.2. The summed E-state index contributed by atoms with van der Waals surface area (Å²) in [6.07, 6.45) is 3.25. The lowest BCUT2D eigenvalue weighted by Gasteiger charge is -2.09. The van der Waals surface area contributed by atoms with Crippen LogP contribution in [0.4, 0.5) is 5.69 Å². The molecule has 0 aliphatic carbocycles. The minimum absolute atomic E-state index is 0.0188. The lowest BCUT2D eigenvalue weighted by Crippen LogP contribution is -2.17. The number of para-hydroxylation sites is 1. The van der Waals surface area contributed by atoms with Gasteiger partial charge in [-0.2, -0.15) is 5.26 Å². The molecule has 1 aromatic heterocycles. The Labute approximate surface area is 162 Å². The van der Waals surface area contributed by atoms with Crippen LogP contribution in [0.1, 0.15) is 16.7 Å². The number of primary amides is 1. The number of benzene rings is 2. The minimum atomic E-state index is -0.483. The molecule has 0 spiro atoms. The molecule has 0 aliphatic heterocycles. The summed E-state index contributed by atoms with van der Waals surface area (Å²) in [7, 11) is 0. The van der Waals surface area contributed by atoms with Gasteiger partial charge in [0.1, 0.15) is 18.2 Å². The van der Waals surface area contributed by atoms with Crippen LogP contribution in [0.25, 0.3) is 17.0 Å². The molecule has 0 bridgehead atoms. The predicted molar refractivity (Wildman–Crippen MR) is 109 cm³/mol. The van der Waals surface area contributed by atoms with Crippen LogP contribution in [0.15, 0.2) is 54.2 Å². The van der Waals surface area contributed by atoms with E-state index in [1.54, 1.807) is 16.8 Å². The molecule has 0 unspecified atom stereocenters. The number of hydrogen-bond acceptors (Lipinski definition) is 3. The van der Waals surface area contributed by atoms with Gasteiger partial charge in [0.05, 0.1) is 0 Å². The summed E-state index contributed by atoms with van der Waals surface area (Å²) in [5.41, 5.74) is 9.44. The number of hydrogen-bond donors (Lipinski definition) is 2. The average molecular weight is 372 g/mol. The number of fused-ring (bicyclic) bond motifs is 1. The molecule has 0 aliphatic rings. The quantitative estimate of drug-likeness (QED) is 0.531. The van der Waals surface area contributed by atoms with Crippen LogP contribution in [-0.2, 0) is 16.1 Å². The first kappa shape index (κ1) is 18.9. The summed E-state index contributed by atoms with van der Waals surface area (Å²) in [4.78, 5) is 24.0. The van der Waals surface area contributed by atoms with Crippen molar-refractivity contribution in [1.82, 2.24) is 4.57 Å². The van der Waals surface area contributed by atoms with Crippen molar-refractivity contribution in [3.8, 4) is 6.07 Å². The minimum Gasteiger partial charge on any atom is -0.368 e. The number of nitrogens with two attached hydrogens (primary N) is 1. The smallest absolute Gasteiger partial charge is 0.266 e. The second-order valence-electron chi connectivity index (χ2n) is 6.57. The zero-order valence-electron chi connectivity index (χ0n) is 15.7. The number of anilines is 1. The van der Waals surface area contributed by atoms with Crippen LogP contribution in [0, 0.1) is 25.2 Å². The number of aryl methyl sites for hydroxylation is 1. The molecule has 0 saturated heterocycles. The standard InChI is InChI=1S/C22H20N4O2/c1-14-6-5-8-19(15(14)2)25-22(28)16(11-23)10-17-12-26(13-21(24)27)20-9-4-3-7-18(17)20/h3-10,12H,13H2,1-2H3,(H2,24,27)(H,25,28). The van der Waals surface area contributed by atoms with E-state index in [9.17, 15) is 14.9 Å². The number of nitrogens with zero attached hydrogens (tertiary/aromatic N) is 2. The fourth-order valence-electron chi connectivity index (χ4n) is 3.07. The van der Waals surface area contributed by atoms with Crippen molar-refractivity contribution in [1.29, 1.82) is 5.26 Å². The lowest BCUT2D eigenvalue weighted by atomic mass is 10.1. The highest BCUT2D eigenvalue weighted by molar-refractivity contribution is 6.11. The van der Waals surface area contributed by atoms with Crippen LogP contribution in [0.5, 0.6) is 0 Å². The molecule has 2 amide bonds. The van der Waals surface area contributed by atoms with Gasteiger partial charge in [-0.05, 0) is 43.2 Å². The fourth-order valence-corrected chi connectivity index (χ4v) is 3.07. The van der Waals surface area contributed by atoms with Crippen LogP contribution in [0.2, 0.25) is 0 Å². The third-order valence-electron chi connectivity index (χ3n) is 4.66. The van der Waals surface area contributed by atoms with E-state index in [0.29, 0.717) is 11.3 Å². The van der Waals surface area contributed by atoms with Gasteiger partial charge in [0.25, 0.3) is 5.91 Å². The predicted octanol–water partition coefficient (Wildman–Crippen LogP) is 3.29. The molecular formula is C22H20N4O2. The van der Waals surface area contributed by atoms with E-state index in [-0.39, 0.29) is 12.1 Å². The first-order valence-corrected chi connectivity index (χ1v) is 8.76. The van der Waals surface area contributed by atoms with Crippen LogP contribution in [0.3, 0.4) is 0 Å². The number of carbonyl (C=O) groups is 2. The second-order valence-corrected chi connectivity index (χ2v) is 6.57. The summed E-state index contributed by atoms with van der Waals surface area (Å²) in [5, 5.41) is 13.2. The summed E-state index contributed by atoms with van der Waals surface area (Å²) < 4.78 is 1.71. The van der Waals surface area contributed by atoms with E-state index < -0.39 is 11.8 Å². The molecular weight excluding hydrogens is 352 g/mol. The van der Waals surface area contributed by atoms with Crippen LogP contribution >= 0.6 is 0 Å².